The Morgan fingerprint density at radius 1 is 1.23 bits per heavy atom. The largest absolute Gasteiger partial charge is 0.476 e. The van der Waals surface area contributed by atoms with Crippen LogP contribution in [0.4, 0.5) is 5.69 Å². The average Bonchev–Trinajstić information content (AvgIpc) is 2.46. The Hall–Kier alpha value is -3.29. The van der Waals surface area contributed by atoms with Gasteiger partial charge in [0, 0.05) is 12.6 Å². The van der Waals surface area contributed by atoms with Crippen molar-refractivity contribution in [2.45, 2.75) is 6.92 Å². The van der Waals surface area contributed by atoms with E-state index >= 15 is 0 Å². The van der Waals surface area contributed by atoms with E-state index in [9.17, 15) is 14.4 Å². The van der Waals surface area contributed by atoms with E-state index in [2.05, 4.69) is 15.4 Å². The topological polar surface area (TPSA) is 114 Å². The number of hydrogen-bond donors (Lipinski definition) is 2. The van der Waals surface area contributed by atoms with E-state index in [1.54, 1.807) is 12.1 Å². The summed E-state index contributed by atoms with van der Waals surface area (Å²) < 4.78 is 0.948. The van der Waals surface area contributed by atoms with Crippen LogP contribution in [0.15, 0.2) is 35.1 Å². The van der Waals surface area contributed by atoms with Gasteiger partial charge >= 0.3 is 5.97 Å². The summed E-state index contributed by atoms with van der Waals surface area (Å²) in [6, 6.07) is 7.33. The van der Waals surface area contributed by atoms with Crippen LogP contribution < -0.4 is 10.9 Å². The first-order chi connectivity index (χ1) is 10.5. The number of benzene rings is 1. The molecule has 0 aliphatic carbocycles. The number of carbonyl (C=O) groups excluding carboxylic acids is 1. The van der Waals surface area contributed by atoms with Gasteiger partial charge in [-0.25, -0.2) is 9.78 Å². The highest BCUT2D eigenvalue weighted by Gasteiger charge is 2.11. The molecule has 22 heavy (non-hydrogen) atoms. The molecule has 0 bridgehead atoms. The fourth-order valence-electron chi connectivity index (χ4n) is 2.09. The molecule has 2 N–H and O–H groups in total. The van der Waals surface area contributed by atoms with Crippen LogP contribution in [0.1, 0.15) is 17.4 Å². The number of anilines is 1. The molecule has 3 rings (SSSR count). The van der Waals surface area contributed by atoms with Crippen LogP contribution in [-0.4, -0.2) is 31.6 Å². The number of hydrogen-bond acceptors (Lipinski definition) is 5. The molecular weight excluding hydrogens is 288 g/mol. The van der Waals surface area contributed by atoms with E-state index in [-0.39, 0.29) is 22.6 Å². The molecule has 1 amide bonds. The third-order valence-corrected chi connectivity index (χ3v) is 3.01. The third-order valence-electron chi connectivity index (χ3n) is 3.01. The van der Waals surface area contributed by atoms with Crippen LogP contribution in [0.25, 0.3) is 16.6 Å². The van der Waals surface area contributed by atoms with Gasteiger partial charge in [0.25, 0.3) is 5.56 Å². The molecular formula is C14H10N4O4. The first kappa shape index (κ1) is 13.7. The summed E-state index contributed by atoms with van der Waals surface area (Å²) in [7, 11) is 0. The molecule has 2 heterocycles. The fourth-order valence-corrected chi connectivity index (χ4v) is 2.09. The molecule has 0 radical (unpaired) electrons. The zero-order chi connectivity index (χ0) is 15.9. The van der Waals surface area contributed by atoms with Crippen molar-refractivity contribution in [1.29, 1.82) is 0 Å². The van der Waals surface area contributed by atoms with Gasteiger partial charge in [-0.2, -0.15) is 9.61 Å². The molecule has 0 spiro atoms. The number of fused-ring (bicyclic) bond motifs is 2. The van der Waals surface area contributed by atoms with E-state index < -0.39 is 11.5 Å². The van der Waals surface area contributed by atoms with Gasteiger partial charge in [0.1, 0.15) is 0 Å². The molecule has 0 saturated heterocycles. The molecule has 8 heteroatoms. The van der Waals surface area contributed by atoms with Crippen molar-refractivity contribution in [2.75, 3.05) is 5.32 Å². The summed E-state index contributed by atoms with van der Waals surface area (Å²) in [5.74, 6) is -1.46. The number of aromatic nitrogens is 3. The molecule has 0 atom stereocenters. The number of amides is 1. The summed E-state index contributed by atoms with van der Waals surface area (Å²) in [6.07, 6.45) is 0. The van der Waals surface area contributed by atoms with Crippen LogP contribution in [0.5, 0.6) is 0 Å². The lowest BCUT2D eigenvalue weighted by Gasteiger charge is -2.06. The van der Waals surface area contributed by atoms with Crippen LogP contribution in [0.3, 0.4) is 0 Å². The molecule has 3 aromatic rings. The Kier molecular flexibility index (Phi) is 3.06. The molecule has 2 aromatic heterocycles. The van der Waals surface area contributed by atoms with E-state index in [1.165, 1.54) is 25.1 Å². The predicted molar refractivity (Wildman–Crippen MR) is 78.0 cm³/mol. The fraction of sp³-hybridized carbons (Fsp3) is 0.0714. The Morgan fingerprint density at radius 3 is 2.68 bits per heavy atom. The van der Waals surface area contributed by atoms with Gasteiger partial charge in [-0.15, -0.1) is 0 Å². The number of carbonyl (C=O) groups is 2. The first-order valence-corrected chi connectivity index (χ1v) is 6.30. The number of carboxylic acids is 1. The number of carboxylic acid groups (broad SMARTS) is 1. The second kappa shape index (κ2) is 4.92. The lowest BCUT2D eigenvalue weighted by atomic mass is 10.2. The Balaban J connectivity index is 2.28. The molecule has 0 saturated carbocycles. The highest BCUT2D eigenvalue weighted by Crippen LogP contribution is 2.15. The van der Waals surface area contributed by atoms with Gasteiger partial charge < -0.3 is 10.4 Å². The van der Waals surface area contributed by atoms with Crippen molar-refractivity contribution >= 4 is 34.1 Å². The third kappa shape index (κ3) is 2.26. The van der Waals surface area contributed by atoms with Crippen LogP contribution in [-0.2, 0) is 4.79 Å². The monoisotopic (exact) mass is 298 g/mol. The number of nitrogens with one attached hydrogen (secondary N) is 1. The van der Waals surface area contributed by atoms with Crippen LogP contribution in [0, 0.1) is 0 Å². The second-order valence-corrected chi connectivity index (χ2v) is 4.62. The van der Waals surface area contributed by atoms with Crippen molar-refractivity contribution in [3.05, 3.63) is 46.4 Å². The zero-order valence-corrected chi connectivity index (χ0v) is 11.4. The SMILES string of the molecule is CC(=O)Nc1ccc2c(=O)n3nc(C(=O)O)ccc3nc2c1. The molecule has 0 fully saturated rings. The van der Waals surface area contributed by atoms with Gasteiger partial charge in [0.15, 0.2) is 11.3 Å². The van der Waals surface area contributed by atoms with Gasteiger partial charge in [0.05, 0.1) is 10.9 Å². The van der Waals surface area contributed by atoms with Crippen LogP contribution in [0.2, 0.25) is 0 Å². The minimum absolute atomic E-state index is 0.225. The van der Waals surface area contributed by atoms with Crippen LogP contribution >= 0.6 is 0 Å². The number of nitrogens with zero attached hydrogens (tertiary/aromatic N) is 3. The van der Waals surface area contributed by atoms with Crippen molar-refractivity contribution in [3.63, 3.8) is 0 Å². The summed E-state index contributed by atoms with van der Waals surface area (Å²) in [6.45, 7) is 1.38. The van der Waals surface area contributed by atoms with Gasteiger partial charge in [-0.3, -0.25) is 9.59 Å². The van der Waals surface area contributed by atoms with E-state index in [0.717, 1.165) is 4.52 Å². The Labute approximate surface area is 123 Å². The van der Waals surface area contributed by atoms with Crippen molar-refractivity contribution in [3.8, 4) is 0 Å². The maximum Gasteiger partial charge on any atom is 0.356 e. The molecule has 0 unspecified atom stereocenters. The van der Waals surface area contributed by atoms with Gasteiger partial charge in [-0.05, 0) is 30.3 Å². The summed E-state index contributed by atoms with van der Waals surface area (Å²) in [5.41, 5.74) is 0.415. The first-order valence-electron chi connectivity index (χ1n) is 6.30. The van der Waals surface area contributed by atoms with Gasteiger partial charge in [-0.1, -0.05) is 0 Å². The number of rotatable bonds is 2. The molecule has 8 nitrogen and oxygen atoms in total. The van der Waals surface area contributed by atoms with Gasteiger partial charge in [0.2, 0.25) is 5.91 Å². The smallest absolute Gasteiger partial charge is 0.356 e. The van der Waals surface area contributed by atoms with E-state index in [4.69, 9.17) is 5.11 Å². The number of aromatic carboxylic acids is 1. The van der Waals surface area contributed by atoms with E-state index in [0.29, 0.717) is 11.2 Å². The van der Waals surface area contributed by atoms with Crippen molar-refractivity contribution in [2.24, 2.45) is 0 Å². The normalized spacial score (nSPS) is 10.8. The maximum absolute atomic E-state index is 12.4. The minimum atomic E-state index is -1.23. The average molecular weight is 298 g/mol. The lowest BCUT2D eigenvalue weighted by Crippen LogP contribution is -2.20. The Bertz CT molecular complexity index is 993. The second-order valence-electron chi connectivity index (χ2n) is 4.62. The highest BCUT2D eigenvalue weighted by atomic mass is 16.4. The van der Waals surface area contributed by atoms with E-state index in [1.807, 2.05) is 0 Å². The molecule has 1 aromatic carbocycles. The molecule has 0 aliphatic rings. The highest BCUT2D eigenvalue weighted by molar-refractivity contribution is 5.92. The molecule has 110 valence electrons. The summed E-state index contributed by atoms with van der Waals surface area (Å²) in [5, 5.41) is 15.6. The summed E-state index contributed by atoms with van der Waals surface area (Å²) in [4.78, 5) is 38.6. The maximum atomic E-state index is 12.4. The molecule has 0 aliphatic heterocycles. The Morgan fingerprint density at radius 2 is 2.00 bits per heavy atom. The summed E-state index contributed by atoms with van der Waals surface area (Å²) >= 11 is 0. The zero-order valence-electron chi connectivity index (χ0n) is 11.4. The predicted octanol–water partition coefficient (Wildman–Crippen LogP) is 0.899. The van der Waals surface area contributed by atoms with Crippen molar-refractivity contribution < 1.29 is 14.7 Å². The minimum Gasteiger partial charge on any atom is -0.476 e. The standard InChI is InChI=1S/C14H10N4O4/c1-7(19)15-8-2-3-9-11(6-8)16-12-5-4-10(14(21)22)17-18(12)13(9)20/h2-6H,1H3,(H,15,19)(H,21,22). The van der Waals surface area contributed by atoms with Crippen molar-refractivity contribution in [1.82, 2.24) is 14.6 Å². The quantitative estimate of drug-likeness (QED) is 0.679. The lowest BCUT2D eigenvalue weighted by molar-refractivity contribution is -0.114.